The average Bonchev–Trinajstić information content (AvgIpc) is 1.44. The monoisotopic (exact) mass is 1270 g/mol. The molecule has 0 radical (unpaired) electrons. The van der Waals surface area contributed by atoms with Crippen molar-refractivity contribution in [2.75, 3.05) is 34.0 Å². The molecule has 492 valence electrons. The molecule has 0 amide bonds. The van der Waals surface area contributed by atoms with Crippen molar-refractivity contribution < 1.29 is 158 Å². The number of rotatable bonds is 19. The lowest BCUT2D eigenvalue weighted by Gasteiger charge is -2.48. The molecule has 33 nitrogen and oxygen atoms in total. The van der Waals surface area contributed by atoms with Crippen LogP contribution in [-0.4, -0.2) is 280 Å². The Hall–Kier alpha value is -6.20. The minimum absolute atomic E-state index is 0.0807. The summed E-state index contributed by atoms with van der Waals surface area (Å²) < 4.78 is 80.7. The SMILES string of the molecule is COc1cc(C=CC(=O)OC[C@H]2O[C@@H](O[C@@H]3[C@@H](O)[C@H](C)O[C@@H](O[C@H]4[C@H](Oc5c(-c6ccc(O)c(OC)c6)oc6cc(O)cc(O)c6c5=O)O[C@H](CO[C@@H]5O[C@@H](C)[C@H](O)[C@@H](O)[C@H]5O[C@@H]5O[C@H](CO)[C@@H](O)[C@H](O)[C@H]5O)[C@@H](O)[C@@H]4O)[C@@H]3O)[C@H](O)[C@@H](O)[C@@H]2O)ccc1O. The number of aliphatic hydroxyl groups excluding tert-OH is 13. The Bertz CT molecular complexity index is 3160. The predicted molar refractivity (Wildman–Crippen MR) is 289 cm³/mol. The molecular weight excluding hydrogens is 1200 g/mol. The van der Waals surface area contributed by atoms with Crippen molar-refractivity contribution in [3.63, 3.8) is 0 Å². The fourth-order valence-corrected chi connectivity index (χ4v) is 10.5. The maximum atomic E-state index is 14.7. The van der Waals surface area contributed by atoms with Crippen molar-refractivity contribution in [1.82, 2.24) is 0 Å². The quantitative estimate of drug-likeness (QED) is 0.0309. The van der Waals surface area contributed by atoms with Gasteiger partial charge in [0.15, 0.2) is 60.0 Å². The molecule has 0 bridgehead atoms. The molecule has 5 aliphatic heterocycles. The van der Waals surface area contributed by atoms with E-state index in [1.54, 1.807) is 0 Å². The van der Waals surface area contributed by atoms with Crippen molar-refractivity contribution in [2.45, 2.75) is 167 Å². The van der Waals surface area contributed by atoms with Crippen LogP contribution in [0.3, 0.4) is 0 Å². The van der Waals surface area contributed by atoms with E-state index < -0.39 is 219 Å². The largest absolute Gasteiger partial charge is 0.508 e. The van der Waals surface area contributed by atoms with Gasteiger partial charge in [-0.1, -0.05) is 6.07 Å². The summed E-state index contributed by atoms with van der Waals surface area (Å²) in [6, 6.07) is 9.53. The van der Waals surface area contributed by atoms with E-state index in [1.165, 1.54) is 64.5 Å². The number of carbonyl (C=O) groups excluding carboxylic acids is 1. The number of ether oxygens (including phenoxy) is 13. The van der Waals surface area contributed by atoms with Gasteiger partial charge in [-0.25, -0.2) is 4.79 Å². The number of esters is 1. The van der Waals surface area contributed by atoms with E-state index in [0.717, 1.165) is 24.3 Å². The van der Waals surface area contributed by atoms with Crippen molar-refractivity contribution >= 4 is 23.0 Å². The number of phenols is 4. The topological polar surface area (TPSA) is 511 Å². The molecule has 33 heteroatoms. The van der Waals surface area contributed by atoms with E-state index in [2.05, 4.69) is 0 Å². The molecule has 0 spiro atoms. The first-order chi connectivity index (χ1) is 42.2. The summed E-state index contributed by atoms with van der Waals surface area (Å²) in [5.74, 6) is -4.37. The Morgan fingerprint density at radius 2 is 1.06 bits per heavy atom. The standard InChI is InChI=1S/C56H70O33/c1-18-34(63)42(71)50(88-52-44(73)40(69)36(65)29(15-57)83-52)55(81-18)79-17-31-38(67)43(72)51(56(85-31)87-49-39(68)33-25(61)13-22(58)14-28(33)82-47(49)21-7-9-24(60)27(12-21)77-4)89-54-46(75)48(35(64)19(2)80-54)86-53-45(74)41(70)37(66)30(84-53)16-78-32(62)10-6-20-5-8-23(59)26(11-20)76-3/h5-14,18-19,29-31,34-38,40-46,48,50-61,63-67,69-75H,15-17H2,1-4H3/t18-,19-,29+,30+,31+,34-,35-,36+,37+,38+,40-,41-,42+,43-,44+,45+,46+,48+,50+,51+,52-,53-,54-,55+,56-/m0/s1. The summed E-state index contributed by atoms with van der Waals surface area (Å²) in [6.45, 7) is 0.00957. The number of carbonyl (C=O) groups is 1. The number of methoxy groups -OCH3 is 2. The van der Waals surface area contributed by atoms with Crippen LogP contribution >= 0.6 is 0 Å². The number of aliphatic hydroxyl groups is 13. The zero-order valence-corrected chi connectivity index (χ0v) is 47.5. The van der Waals surface area contributed by atoms with Crippen LogP contribution in [0, 0.1) is 0 Å². The van der Waals surface area contributed by atoms with Gasteiger partial charge in [-0.05, 0) is 55.8 Å². The number of fused-ring (bicyclic) bond motifs is 1. The maximum absolute atomic E-state index is 14.7. The molecule has 0 unspecified atom stereocenters. The molecule has 5 aliphatic rings. The second-order valence-electron chi connectivity index (χ2n) is 21.6. The number of hydrogen-bond donors (Lipinski definition) is 17. The van der Waals surface area contributed by atoms with E-state index in [-0.39, 0.29) is 28.6 Å². The van der Waals surface area contributed by atoms with Crippen LogP contribution in [0.1, 0.15) is 19.4 Å². The molecule has 17 N–H and O–H groups in total. The van der Waals surface area contributed by atoms with Crippen LogP contribution in [0.2, 0.25) is 0 Å². The van der Waals surface area contributed by atoms with Gasteiger partial charge in [0.05, 0.1) is 39.6 Å². The lowest BCUT2D eigenvalue weighted by atomic mass is 9.96. The summed E-state index contributed by atoms with van der Waals surface area (Å²) in [5, 5.41) is 185. The first kappa shape index (κ1) is 67.2. The molecule has 89 heavy (non-hydrogen) atoms. The number of hydrogen-bond acceptors (Lipinski definition) is 33. The van der Waals surface area contributed by atoms with E-state index in [9.17, 15) is 96.4 Å². The Labute approximate surface area is 502 Å². The smallest absolute Gasteiger partial charge is 0.330 e. The van der Waals surface area contributed by atoms with Gasteiger partial charge >= 0.3 is 5.97 Å². The van der Waals surface area contributed by atoms with Crippen LogP contribution in [0.25, 0.3) is 28.4 Å². The minimum atomic E-state index is -2.31. The molecule has 1 aromatic heterocycles. The third kappa shape index (κ3) is 14.0. The molecule has 25 atom stereocenters. The van der Waals surface area contributed by atoms with Crippen molar-refractivity contribution in [1.29, 1.82) is 0 Å². The Morgan fingerprint density at radius 3 is 1.71 bits per heavy atom. The van der Waals surface area contributed by atoms with E-state index in [1.807, 2.05) is 0 Å². The fourth-order valence-electron chi connectivity index (χ4n) is 10.5. The Morgan fingerprint density at radius 1 is 0.528 bits per heavy atom. The zero-order chi connectivity index (χ0) is 64.6. The number of aromatic hydroxyl groups is 4. The van der Waals surface area contributed by atoms with Crippen LogP contribution in [0.4, 0.5) is 0 Å². The van der Waals surface area contributed by atoms with Gasteiger partial charge in [-0.15, -0.1) is 0 Å². The van der Waals surface area contributed by atoms with Crippen LogP contribution in [0.5, 0.6) is 40.2 Å². The van der Waals surface area contributed by atoms with Gasteiger partial charge in [-0.2, -0.15) is 0 Å². The van der Waals surface area contributed by atoms with Crippen LogP contribution in [0.15, 0.2) is 63.8 Å². The molecule has 3 aromatic carbocycles. The second-order valence-corrected chi connectivity index (χ2v) is 21.6. The third-order valence-electron chi connectivity index (χ3n) is 15.6. The highest BCUT2D eigenvalue weighted by molar-refractivity contribution is 5.89. The molecule has 5 fully saturated rings. The predicted octanol–water partition coefficient (Wildman–Crippen LogP) is -4.91. The summed E-state index contributed by atoms with van der Waals surface area (Å²) in [5.41, 5.74) is -1.28. The van der Waals surface area contributed by atoms with E-state index >= 15 is 0 Å². The van der Waals surface area contributed by atoms with Crippen molar-refractivity contribution in [2.24, 2.45) is 0 Å². The van der Waals surface area contributed by atoms with Gasteiger partial charge in [0.2, 0.25) is 17.5 Å². The fraction of sp³-hybridized carbons (Fsp3) is 0.571. The third-order valence-corrected chi connectivity index (χ3v) is 15.6. The molecule has 6 heterocycles. The first-order valence-electron chi connectivity index (χ1n) is 27.7. The maximum Gasteiger partial charge on any atom is 0.330 e. The zero-order valence-electron chi connectivity index (χ0n) is 47.5. The molecular formula is C56H70O33. The van der Waals surface area contributed by atoms with E-state index in [4.69, 9.17) is 66.0 Å². The summed E-state index contributed by atoms with van der Waals surface area (Å²) in [7, 11) is 2.52. The van der Waals surface area contributed by atoms with Crippen molar-refractivity contribution in [3.05, 3.63) is 70.4 Å². The number of benzene rings is 3. The Kier molecular flexibility index (Phi) is 21.2. The molecule has 4 aromatic rings. The lowest BCUT2D eigenvalue weighted by Crippen LogP contribution is -2.67. The highest BCUT2D eigenvalue weighted by Crippen LogP contribution is 2.42. The average molecular weight is 1270 g/mol. The highest BCUT2D eigenvalue weighted by Gasteiger charge is 2.56. The molecule has 5 saturated heterocycles. The highest BCUT2D eigenvalue weighted by atomic mass is 16.8. The van der Waals surface area contributed by atoms with Crippen LogP contribution in [-0.2, 0) is 52.2 Å². The van der Waals surface area contributed by atoms with Gasteiger partial charge < -0.3 is 153 Å². The molecule has 0 aliphatic carbocycles. The normalized spacial score (nSPS) is 37.7. The first-order valence-corrected chi connectivity index (χ1v) is 27.7. The number of phenolic OH excluding ortho intramolecular Hbond substituents is 4. The molecule has 0 saturated carbocycles. The van der Waals surface area contributed by atoms with Gasteiger partial charge in [0.1, 0.15) is 133 Å². The second kappa shape index (κ2) is 28.1. The van der Waals surface area contributed by atoms with Gasteiger partial charge in [0, 0.05) is 23.8 Å². The Balaban J connectivity index is 1.00. The molecule has 9 rings (SSSR count). The summed E-state index contributed by atoms with van der Waals surface area (Å²) >= 11 is 0. The lowest BCUT2D eigenvalue weighted by molar-refractivity contribution is -0.383. The summed E-state index contributed by atoms with van der Waals surface area (Å²) in [6.07, 6.45) is -45.7. The van der Waals surface area contributed by atoms with Gasteiger partial charge in [-0.3, -0.25) is 4.79 Å². The van der Waals surface area contributed by atoms with E-state index in [0.29, 0.717) is 5.56 Å². The van der Waals surface area contributed by atoms with Gasteiger partial charge in [0.25, 0.3) is 0 Å². The summed E-state index contributed by atoms with van der Waals surface area (Å²) in [4.78, 5) is 27.5. The minimum Gasteiger partial charge on any atom is -0.508 e. The van der Waals surface area contributed by atoms with Crippen LogP contribution < -0.4 is 19.6 Å². The van der Waals surface area contributed by atoms with Crippen molar-refractivity contribution in [3.8, 4) is 51.6 Å².